The number of nitrogens with zero attached hydrogens (tertiary/aromatic N) is 3. The van der Waals surface area contributed by atoms with E-state index in [0.717, 1.165) is 19.4 Å². The van der Waals surface area contributed by atoms with Crippen LogP contribution in [0.1, 0.15) is 18.2 Å². The quantitative estimate of drug-likeness (QED) is 0.297. The maximum absolute atomic E-state index is 13.3. The molecule has 0 aromatic carbocycles. The number of aliphatic imine (C=N–C) groups is 1. The number of rotatable bonds is 7. The molecular formula is C11H15ClFN3O2P3W-. The summed E-state index contributed by atoms with van der Waals surface area (Å²) in [6.07, 6.45) is 1.52. The summed E-state index contributed by atoms with van der Waals surface area (Å²) < 4.78 is 26.9. The predicted octanol–water partition coefficient (Wildman–Crippen LogP) is 2.83. The summed E-state index contributed by atoms with van der Waals surface area (Å²) in [6.45, 7) is 5.03. The molecule has 1 saturated carbocycles. The van der Waals surface area contributed by atoms with E-state index < -0.39 is 6.67 Å². The van der Waals surface area contributed by atoms with Gasteiger partial charge >= 0.3 is 151 Å². The Bertz CT molecular complexity index is 565. The third-order valence-electron chi connectivity index (χ3n) is 3.70. The van der Waals surface area contributed by atoms with Crippen molar-refractivity contribution in [3.05, 3.63) is 12.0 Å². The van der Waals surface area contributed by atoms with Crippen molar-refractivity contribution in [3.8, 4) is 0 Å². The van der Waals surface area contributed by atoms with E-state index in [1.165, 1.54) is 0 Å². The Labute approximate surface area is 150 Å². The van der Waals surface area contributed by atoms with Crippen LogP contribution in [0, 0.1) is 5.92 Å². The summed E-state index contributed by atoms with van der Waals surface area (Å²) in [4.78, 5) is 8.06. The number of imidazole rings is 1. The van der Waals surface area contributed by atoms with Gasteiger partial charge in [0.25, 0.3) is 0 Å². The van der Waals surface area contributed by atoms with Crippen molar-refractivity contribution in [2.45, 2.75) is 24.7 Å². The maximum atomic E-state index is 13.3. The van der Waals surface area contributed by atoms with Crippen molar-refractivity contribution in [2.75, 3.05) is 6.67 Å². The summed E-state index contributed by atoms with van der Waals surface area (Å²) in [7, 11) is 4.92. The number of halogens is 2. The van der Waals surface area contributed by atoms with Gasteiger partial charge in [-0.3, -0.25) is 0 Å². The molecule has 11 heteroatoms. The van der Waals surface area contributed by atoms with E-state index in [1.807, 2.05) is 0 Å². The molecule has 0 radical (unpaired) electrons. The molecule has 22 heavy (non-hydrogen) atoms. The fourth-order valence-electron chi connectivity index (χ4n) is 2.76. The predicted molar refractivity (Wildman–Crippen MR) is 90.9 cm³/mol. The molecule has 1 aromatic rings. The molecule has 7 atom stereocenters. The van der Waals surface area contributed by atoms with E-state index in [-0.39, 0.29) is 32.7 Å². The molecule has 0 bridgehead atoms. The zero-order valence-corrected chi connectivity index (χ0v) is 18.4. The minimum atomic E-state index is -0.470. The van der Waals surface area contributed by atoms with Gasteiger partial charge in [0.15, 0.2) is 0 Å². The van der Waals surface area contributed by atoms with Crippen LogP contribution in [0.4, 0.5) is 10.2 Å². The van der Waals surface area contributed by atoms with Gasteiger partial charge in [-0.1, -0.05) is 0 Å². The molecule has 0 saturated heterocycles. The second kappa shape index (κ2) is 8.82. The molecule has 0 spiro atoms. The second-order valence-electron chi connectivity index (χ2n) is 4.75. The Morgan fingerprint density at radius 3 is 2.91 bits per heavy atom. The molecule has 2 rings (SSSR count). The van der Waals surface area contributed by atoms with Crippen LogP contribution in [0.2, 0.25) is 0 Å². The molecule has 1 aliphatic carbocycles. The normalized spacial score (nSPS) is 28.5. The first-order valence-electron chi connectivity index (χ1n) is 6.29. The van der Waals surface area contributed by atoms with Crippen LogP contribution in [0.5, 0.6) is 0 Å². The van der Waals surface area contributed by atoms with Crippen LogP contribution in [0.3, 0.4) is 0 Å². The van der Waals surface area contributed by atoms with Gasteiger partial charge in [-0.15, -0.1) is 0 Å². The van der Waals surface area contributed by atoms with Crippen molar-refractivity contribution in [1.82, 2.24) is 9.55 Å². The van der Waals surface area contributed by atoms with E-state index >= 15 is 0 Å². The molecule has 1 aromatic heterocycles. The monoisotopic (exact) mass is 552 g/mol. The molecular weight excluding hydrogens is 537 g/mol. The van der Waals surface area contributed by atoms with Crippen molar-refractivity contribution < 1.29 is 32.8 Å². The molecule has 1 fully saturated rings. The second-order valence-corrected chi connectivity index (χ2v) is 8.94. The minimum absolute atomic E-state index is 0.167. The van der Waals surface area contributed by atoms with E-state index in [4.69, 9.17) is 27.4 Å². The average molecular weight is 552 g/mol. The fourth-order valence-corrected chi connectivity index (χ4v) is 4.70. The van der Waals surface area contributed by atoms with Gasteiger partial charge in [0.1, 0.15) is 0 Å². The Morgan fingerprint density at radius 1 is 1.68 bits per heavy atom. The molecule has 3 unspecified atom stereocenters. The van der Waals surface area contributed by atoms with Crippen molar-refractivity contribution in [1.29, 1.82) is 0 Å². The van der Waals surface area contributed by atoms with Crippen LogP contribution in [0.15, 0.2) is 11.3 Å². The Morgan fingerprint density at radius 2 is 2.41 bits per heavy atom. The van der Waals surface area contributed by atoms with Gasteiger partial charge in [-0.2, -0.15) is 0 Å². The average Bonchev–Trinajstić information content (AvgIpc) is 3.07. The molecule has 122 valence electrons. The Balaban J connectivity index is 2.39. The van der Waals surface area contributed by atoms with Gasteiger partial charge in [-0.25, -0.2) is 0 Å². The first-order chi connectivity index (χ1) is 10.6. The number of hydrogen-bond donors (Lipinski definition) is 0. The van der Waals surface area contributed by atoms with Crippen LogP contribution in [-0.4, -0.2) is 38.5 Å². The van der Waals surface area contributed by atoms with E-state index in [0.29, 0.717) is 21.3 Å². The van der Waals surface area contributed by atoms with Gasteiger partial charge in [0, 0.05) is 0 Å². The summed E-state index contributed by atoms with van der Waals surface area (Å²) >= 11 is 7.13. The molecule has 1 heterocycles. The van der Waals surface area contributed by atoms with Crippen molar-refractivity contribution in [2.24, 2.45) is 10.9 Å². The van der Waals surface area contributed by atoms with Crippen LogP contribution >= 0.6 is 38.5 Å². The first-order valence-corrected chi connectivity index (χ1v) is 11.3. The molecule has 5 nitrogen and oxygen atoms in total. The third-order valence-corrected chi connectivity index (χ3v) is 5.71. The van der Waals surface area contributed by atoms with Gasteiger partial charge in [-0.05, 0) is 0 Å². The molecule has 0 aliphatic heterocycles. The summed E-state index contributed by atoms with van der Waals surface area (Å²) in [5.41, 5.74) is 0.552. The van der Waals surface area contributed by atoms with E-state index in [9.17, 15) is 4.39 Å². The van der Waals surface area contributed by atoms with E-state index in [1.54, 1.807) is 10.9 Å². The molecule has 1 aliphatic rings. The topological polar surface area (TPSA) is 48.6 Å². The van der Waals surface area contributed by atoms with Gasteiger partial charge in [0.05, 0.1) is 0 Å². The van der Waals surface area contributed by atoms with Crippen molar-refractivity contribution in [3.63, 3.8) is 0 Å². The summed E-state index contributed by atoms with van der Waals surface area (Å²) in [6, 6.07) is -0.167. The zero-order chi connectivity index (χ0) is 16.3. The first kappa shape index (κ1) is 19.2. The summed E-state index contributed by atoms with van der Waals surface area (Å²) in [5, 5.41) is 0. The molecule has 0 N–H and O–H groups in total. The van der Waals surface area contributed by atoms with E-state index in [2.05, 4.69) is 28.4 Å². The van der Waals surface area contributed by atoms with Crippen LogP contribution in [0.25, 0.3) is 0 Å². The van der Waals surface area contributed by atoms with Gasteiger partial charge in [0.2, 0.25) is 0 Å². The Hall–Kier alpha value is 0.868. The number of aromatic nitrogens is 2. The molecule has 0 amide bonds. The Kier molecular flexibility index (Phi) is 7.69. The third kappa shape index (κ3) is 3.75. The van der Waals surface area contributed by atoms with Crippen molar-refractivity contribution >= 4 is 54.4 Å². The standard InChI is InChI=1S/C11H15ClFN3O2P3.W/c1-14-11-7(3-12)15-5-16(11)8-2-6(4-13)9(18-21-20)10(8)17-19;/h1,5-6,8-10,21H,2,4,19-20H2;/q-1;/t6-,8-,9-,10+;/m1./s1. The van der Waals surface area contributed by atoms with Crippen LogP contribution in [-0.2, 0) is 28.4 Å². The van der Waals surface area contributed by atoms with Crippen LogP contribution < -0.4 is 0 Å². The number of alkyl halides is 1. The summed E-state index contributed by atoms with van der Waals surface area (Å²) in [5.74, 6) is 0.232. The zero-order valence-electron chi connectivity index (χ0n) is 11.4. The number of hydrogen-bond acceptors (Lipinski definition) is 4. The SMILES string of the molecule is [CH-]=Nc1c([C](Cl)=[W])ncn1[C@@H]1C[C@H](CF)[C@@H](OPP)[C@H]1OP. The van der Waals surface area contributed by atoms with Gasteiger partial charge < -0.3 is 0 Å². The fraction of sp³-hybridized carbons (Fsp3) is 0.545.